The molecule has 0 spiro atoms. The van der Waals surface area contributed by atoms with Crippen LogP contribution in [0.1, 0.15) is 6.92 Å². The average molecular weight is 586 g/mol. The van der Waals surface area contributed by atoms with E-state index in [0.29, 0.717) is 5.41 Å². The molecule has 0 heterocycles. The van der Waals surface area contributed by atoms with Gasteiger partial charge in [-0.05, 0) is 41.8 Å². The summed E-state index contributed by atoms with van der Waals surface area (Å²) in [4.78, 5) is 9.67. The fourth-order valence-electron chi connectivity index (χ4n) is 3.32. The second-order valence-corrected chi connectivity index (χ2v) is 12.2. The molecule has 0 saturated carbocycles. The minimum atomic E-state index is -5.14. The normalized spacial score (nSPS) is 12.5. The Labute approximate surface area is 216 Å². The molecule has 0 bridgehead atoms. The number of amides is 1. The monoisotopic (exact) mass is 585 g/mol. The molecular formula is C21H19N3O11S3. The Morgan fingerprint density at radius 1 is 0.974 bits per heavy atom. The zero-order valence-electron chi connectivity index (χ0n) is 19.5. The van der Waals surface area contributed by atoms with E-state index in [1.807, 2.05) is 0 Å². The van der Waals surface area contributed by atoms with Crippen LogP contribution in [0.15, 0.2) is 73.3 Å². The second kappa shape index (κ2) is 10.1. The molecule has 0 saturated heterocycles. The third kappa shape index (κ3) is 5.81. The SMILES string of the molecule is C=CS(=O)(=O)c1ccc(OC)c(N=Nc2c(S(=O)(=O)O)cc3cc(S(=O)(=O)O)cc(NC(C)=O)c3c2O)c1. The van der Waals surface area contributed by atoms with Crippen molar-refractivity contribution in [2.75, 3.05) is 12.4 Å². The molecule has 0 aliphatic heterocycles. The zero-order valence-corrected chi connectivity index (χ0v) is 21.9. The van der Waals surface area contributed by atoms with Gasteiger partial charge in [0.25, 0.3) is 20.2 Å². The minimum Gasteiger partial charge on any atom is -0.505 e. The predicted molar refractivity (Wildman–Crippen MR) is 134 cm³/mol. The van der Waals surface area contributed by atoms with Crippen molar-refractivity contribution in [2.45, 2.75) is 21.6 Å². The number of phenolic OH excluding ortho intramolecular Hbond substituents is 1. The quantitative estimate of drug-likeness (QED) is 0.221. The molecule has 0 aliphatic rings. The molecule has 202 valence electrons. The molecule has 3 rings (SSSR count). The molecule has 3 aromatic rings. The van der Waals surface area contributed by atoms with Crippen LogP contribution in [0, 0.1) is 0 Å². The number of rotatable bonds is 8. The topological polar surface area (TPSA) is 226 Å². The average Bonchev–Trinajstić information content (AvgIpc) is 2.81. The lowest BCUT2D eigenvalue weighted by atomic mass is 10.1. The van der Waals surface area contributed by atoms with Gasteiger partial charge in [-0.1, -0.05) is 6.58 Å². The van der Waals surface area contributed by atoms with Crippen molar-refractivity contribution in [1.82, 2.24) is 0 Å². The summed E-state index contributed by atoms with van der Waals surface area (Å²) in [5.74, 6) is -1.68. The van der Waals surface area contributed by atoms with E-state index in [0.717, 1.165) is 31.2 Å². The number of anilines is 1. The van der Waals surface area contributed by atoms with Gasteiger partial charge in [0.15, 0.2) is 15.6 Å². The smallest absolute Gasteiger partial charge is 0.296 e. The maximum absolute atomic E-state index is 12.2. The number of ether oxygens (including phenoxy) is 1. The first-order chi connectivity index (χ1) is 17.5. The number of methoxy groups -OCH3 is 1. The Morgan fingerprint density at radius 3 is 2.16 bits per heavy atom. The number of carbonyl (C=O) groups is 1. The number of hydrogen-bond acceptors (Lipinski definition) is 11. The second-order valence-electron chi connectivity index (χ2n) is 7.52. The van der Waals surface area contributed by atoms with Crippen LogP contribution in [0.25, 0.3) is 10.8 Å². The summed E-state index contributed by atoms with van der Waals surface area (Å²) in [7, 11) is -12.7. The molecule has 0 radical (unpaired) electrons. The Morgan fingerprint density at radius 2 is 1.63 bits per heavy atom. The van der Waals surface area contributed by atoms with Gasteiger partial charge in [-0.25, -0.2) is 8.42 Å². The van der Waals surface area contributed by atoms with E-state index in [1.54, 1.807) is 0 Å². The number of nitrogens with one attached hydrogen (secondary N) is 1. The molecule has 38 heavy (non-hydrogen) atoms. The van der Waals surface area contributed by atoms with Gasteiger partial charge in [-0.15, -0.1) is 10.2 Å². The van der Waals surface area contributed by atoms with Gasteiger partial charge in [0.05, 0.1) is 22.6 Å². The first-order valence-electron chi connectivity index (χ1n) is 10.0. The van der Waals surface area contributed by atoms with Crippen molar-refractivity contribution in [1.29, 1.82) is 0 Å². The van der Waals surface area contributed by atoms with Crippen molar-refractivity contribution in [3.63, 3.8) is 0 Å². The van der Waals surface area contributed by atoms with Crippen LogP contribution >= 0.6 is 0 Å². The number of hydrogen-bond donors (Lipinski definition) is 4. The highest BCUT2D eigenvalue weighted by Crippen LogP contribution is 2.45. The van der Waals surface area contributed by atoms with Gasteiger partial charge in [0, 0.05) is 17.7 Å². The van der Waals surface area contributed by atoms with E-state index in [2.05, 4.69) is 22.1 Å². The molecule has 4 N–H and O–H groups in total. The van der Waals surface area contributed by atoms with Crippen molar-refractivity contribution < 1.29 is 49.0 Å². The number of aromatic hydroxyl groups is 1. The summed E-state index contributed by atoms with van der Waals surface area (Å²) in [5, 5.41) is 20.8. The molecule has 14 nitrogen and oxygen atoms in total. The van der Waals surface area contributed by atoms with Gasteiger partial charge in [0.2, 0.25) is 5.91 Å². The van der Waals surface area contributed by atoms with Gasteiger partial charge in [-0.3, -0.25) is 13.9 Å². The molecular weight excluding hydrogens is 566 g/mol. The maximum atomic E-state index is 12.2. The Kier molecular flexibility index (Phi) is 7.62. The summed E-state index contributed by atoms with van der Waals surface area (Å²) >= 11 is 0. The Balaban J connectivity index is 2.41. The minimum absolute atomic E-state index is 0.00202. The predicted octanol–water partition coefficient (Wildman–Crippen LogP) is 3.34. The number of nitrogens with zero attached hydrogens (tertiary/aromatic N) is 2. The van der Waals surface area contributed by atoms with Crippen LogP contribution in [0.4, 0.5) is 17.1 Å². The third-order valence-electron chi connectivity index (χ3n) is 4.97. The lowest BCUT2D eigenvalue weighted by molar-refractivity contribution is -0.114. The first-order valence-corrected chi connectivity index (χ1v) is 14.5. The maximum Gasteiger partial charge on any atom is 0.296 e. The summed E-state index contributed by atoms with van der Waals surface area (Å²) in [5.41, 5.74) is -1.42. The summed E-state index contributed by atoms with van der Waals surface area (Å²) in [6, 6.07) is 5.79. The van der Waals surface area contributed by atoms with E-state index >= 15 is 0 Å². The molecule has 3 aromatic carbocycles. The zero-order chi connectivity index (χ0) is 28.6. The number of sulfone groups is 1. The highest BCUT2D eigenvalue weighted by molar-refractivity contribution is 7.94. The third-order valence-corrected chi connectivity index (χ3v) is 8.01. The lowest BCUT2D eigenvalue weighted by Crippen LogP contribution is -2.08. The Hall–Kier alpha value is -3.90. The van der Waals surface area contributed by atoms with Crippen LogP contribution in [0.3, 0.4) is 0 Å². The van der Waals surface area contributed by atoms with Crippen molar-refractivity contribution >= 4 is 63.8 Å². The lowest BCUT2D eigenvalue weighted by Gasteiger charge is -2.14. The van der Waals surface area contributed by atoms with E-state index < -0.39 is 57.2 Å². The van der Waals surface area contributed by atoms with E-state index in [1.165, 1.54) is 19.2 Å². The van der Waals surface area contributed by atoms with Crippen LogP contribution in [0.5, 0.6) is 11.5 Å². The van der Waals surface area contributed by atoms with Gasteiger partial charge >= 0.3 is 0 Å². The summed E-state index contributed by atoms with van der Waals surface area (Å²) in [6.07, 6.45) is 0. The summed E-state index contributed by atoms with van der Waals surface area (Å²) in [6.45, 7) is 4.28. The molecule has 0 atom stereocenters. The molecule has 17 heteroatoms. The first kappa shape index (κ1) is 28.7. The van der Waals surface area contributed by atoms with E-state index in [-0.39, 0.29) is 32.8 Å². The summed E-state index contributed by atoms with van der Waals surface area (Å²) < 4.78 is 96.4. The van der Waals surface area contributed by atoms with Gasteiger partial charge < -0.3 is 15.2 Å². The number of benzene rings is 3. The number of azo groups is 1. The Bertz CT molecular complexity index is 1850. The van der Waals surface area contributed by atoms with E-state index in [4.69, 9.17) is 4.74 Å². The number of fused-ring (bicyclic) bond motifs is 1. The van der Waals surface area contributed by atoms with E-state index in [9.17, 15) is 44.3 Å². The largest absolute Gasteiger partial charge is 0.505 e. The van der Waals surface area contributed by atoms with Crippen molar-refractivity contribution in [3.8, 4) is 11.5 Å². The van der Waals surface area contributed by atoms with Gasteiger partial charge in [0.1, 0.15) is 22.0 Å². The molecule has 0 unspecified atom stereocenters. The highest BCUT2D eigenvalue weighted by Gasteiger charge is 2.26. The fraction of sp³-hybridized carbons (Fsp3) is 0.0952. The fourth-order valence-corrected chi connectivity index (χ4v) is 5.24. The number of phenols is 1. The van der Waals surface area contributed by atoms with Crippen LogP contribution < -0.4 is 10.1 Å². The molecule has 1 amide bonds. The van der Waals surface area contributed by atoms with Crippen molar-refractivity contribution in [2.24, 2.45) is 10.2 Å². The standard InChI is InChI=1S/C21H19N3O11S3/c1-4-36(27,28)13-5-6-17(35-3)15(9-13)23-24-20-18(38(32,33)34)8-12-7-14(37(29,30)31)10-16(22-11(2)25)19(12)21(20)26/h4-10,26H,1H2,2-3H3,(H,22,25)(H,29,30,31)(H,32,33,34). The molecule has 0 fully saturated rings. The molecule has 0 aromatic heterocycles. The van der Waals surface area contributed by atoms with Crippen LogP contribution in [-0.4, -0.2) is 52.5 Å². The van der Waals surface area contributed by atoms with Gasteiger partial charge in [-0.2, -0.15) is 16.8 Å². The molecule has 0 aliphatic carbocycles. The van der Waals surface area contributed by atoms with Crippen molar-refractivity contribution in [3.05, 3.63) is 48.4 Å². The highest BCUT2D eigenvalue weighted by atomic mass is 32.2. The number of carbonyl (C=O) groups excluding carboxylic acids is 1. The van der Waals surface area contributed by atoms with Crippen LogP contribution in [-0.2, 0) is 34.9 Å². The van der Waals surface area contributed by atoms with Crippen LogP contribution in [0.2, 0.25) is 0 Å².